The maximum absolute atomic E-state index is 6.28. The third kappa shape index (κ3) is 3.71. The molecular formula is C13H24ClN3. The van der Waals surface area contributed by atoms with Crippen LogP contribution in [0.2, 0.25) is 5.02 Å². The Kier molecular flexibility index (Phi) is 5.47. The van der Waals surface area contributed by atoms with E-state index in [1.807, 2.05) is 11.7 Å². The Labute approximate surface area is 110 Å². The van der Waals surface area contributed by atoms with E-state index in [1.165, 1.54) is 0 Å². The zero-order valence-corrected chi connectivity index (χ0v) is 12.3. The molecule has 0 bridgehead atoms. The minimum absolute atomic E-state index is 0.674. The highest BCUT2D eigenvalue weighted by atomic mass is 35.5. The number of rotatable bonds is 6. The Morgan fingerprint density at radius 1 is 1.35 bits per heavy atom. The molecule has 0 aromatic carbocycles. The van der Waals surface area contributed by atoms with Gasteiger partial charge in [-0.2, -0.15) is 5.10 Å². The fourth-order valence-corrected chi connectivity index (χ4v) is 2.03. The number of halogens is 1. The topological polar surface area (TPSA) is 29.9 Å². The van der Waals surface area contributed by atoms with Crippen molar-refractivity contribution in [2.24, 2.45) is 18.9 Å². The third-order valence-corrected chi connectivity index (χ3v) is 3.84. The first-order chi connectivity index (χ1) is 7.97. The molecule has 1 aromatic heterocycles. The summed E-state index contributed by atoms with van der Waals surface area (Å²) in [4.78, 5) is 0. The smallest absolute Gasteiger partial charge is 0.0863 e. The summed E-state index contributed by atoms with van der Waals surface area (Å²) in [7, 11) is 1.95. The second-order valence-electron chi connectivity index (χ2n) is 5.04. The van der Waals surface area contributed by atoms with E-state index in [0.717, 1.165) is 35.9 Å². The molecule has 0 saturated carbocycles. The van der Waals surface area contributed by atoms with Gasteiger partial charge in [0.05, 0.1) is 16.4 Å². The molecule has 0 fully saturated rings. The quantitative estimate of drug-likeness (QED) is 0.849. The molecule has 98 valence electrons. The highest BCUT2D eigenvalue weighted by Gasteiger charge is 2.13. The number of aromatic nitrogens is 2. The van der Waals surface area contributed by atoms with Crippen LogP contribution in [0, 0.1) is 11.8 Å². The molecule has 17 heavy (non-hydrogen) atoms. The molecule has 0 aliphatic carbocycles. The van der Waals surface area contributed by atoms with Gasteiger partial charge >= 0.3 is 0 Å². The molecule has 1 rings (SSSR count). The van der Waals surface area contributed by atoms with Crippen LogP contribution >= 0.6 is 11.6 Å². The summed E-state index contributed by atoms with van der Waals surface area (Å²) >= 11 is 6.28. The van der Waals surface area contributed by atoms with Gasteiger partial charge in [-0.15, -0.1) is 0 Å². The van der Waals surface area contributed by atoms with E-state index in [2.05, 4.69) is 38.1 Å². The Bertz CT molecular complexity index is 358. The second-order valence-corrected chi connectivity index (χ2v) is 5.41. The summed E-state index contributed by atoms with van der Waals surface area (Å²) in [6.45, 7) is 10.6. The van der Waals surface area contributed by atoms with Gasteiger partial charge < -0.3 is 5.32 Å². The Hall–Kier alpha value is -0.540. The van der Waals surface area contributed by atoms with Crippen molar-refractivity contribution in [3.05, 3.63) is 16.4 Å². The molecule has 1 unspecified atom stereocenters. The number of aryl methyl sites for hydroxylation is 2. The molecule has 0 radical (unpaired) electrons. The molecule has 0 amide bonds. The van der Waals surface area contributed by atoms with Crippen molar-refractivity contribution in [3.8, 4) is 0 Å². The molecular weight excluding hydrogens is 234 g/mol. The minimum Gasteiger partial charge on any atom is -0.311 e. The first kappa shape index (κ1) is 14.5. The van der Waals surface area contributed by atoms with Gasteiger partial charge in [-0.3, -0.25) is 4.68 Å². The largest absolute Gasteiger partial charge is 0.311 e. The SMILES string of the molecule is CCc1nn(C)c(CNCC(C)C(C)C)c1Cl. The van der Waals surface area contributed by atoms with Crippen molar-refractivity contribution < 1.29 is 0 Å². The monoisotopic (exact) mass is 257 g/mol. The molecule has 0 aliphatic heterocycles. The zero-order valence-electron chi connectivity index (χ0n) is 11.5. The van der Waals surface area contributed by atoms with E-state index < -0.39 is 0 Å². The van der Waals surface area contributed by atoms with Gasteiger partial charge in [0.2, 0.25) is 0 Å². The van der Waals surface area contributed by atoms with Gasteiger partial charge in [-0.05, 0) is 24.8 Å². The molecule has 1 atom stereocenters. The Morgan fingerprint density at radius 3 is 2.47 bits per heavy atom. The summed E-state index contributed by atoms with van der Waals surface area (Å²) in [5, 5.41) is 8.68. The number of hydrogen-bond donors (Lipinski definition) is 1. The number of nitrogens with zero attached hydrogens (tertiary/aromatic N) is 2. The van der Waals surface area contributed by atoms with Gasteiger partial charge in [0.25, 0.3) is 0 Å². The maximum Gasteiger partial charge on any atom is 0.0863 e. The van der Waals surface area contributed by atoms with Crippen molar-refractivity contribution in [1.82, 2.24) is 15.1 Å². The second kappa shape index (κ2) is 6.41. The van der Waals surface area contributed by atoms with E-state index in [0.29, 0.717) is 11.8 Å². The van der Waals surface area contributed by atoms with Gasteiger partial charge in [0.15, 0.2) is 0 Å². The first-order valence-electron chi connectivity index (χ1n) is 6.38. The molecule has 3 nitrogen and oxygen atoms in total. The third-order valence-electron chi connectivity index (χ3n) is 3.40. The van der Waals surface area contributed by atoms with E-state index in [-0.39, 0.29) is 0 Å². The van der Waals surface area contributed by atoms with Crippen molar-refractivity contribution in [1.29, 1.82) is 0 Å². The van der Waals surface area contributed by atoms with E-state index in [1.54, 1.807) is 0 Å². The first-order valence-corrected chi connectivity index (χ1v) is 6.76. The summed E-state index contributed by atoms with van der Waals surface area (Å²) in [5.41, 5.74) is 2.07. The fraction of sp³-hybridized carbons (Fsp3) is 0.769. The van der Waals surface area contributed by atoms with Crippen LogP contribution in [-0.4, -0.2) is 16.3 Å². The van der Waals surface area contributed by atoms with Crippen LogP contribution in [0.4, 0.5) is 0 Å². The highest BCUT2D eigenvalue weighted by molar-refractivity contribution is 6.31. The average molecular weight is 258 g/mol. The molecule has 0 spiro atoms. The normalized spacial score (nSPS) is 13.4. The lowest BCUT2D eigenvalue weighted by molar-refractivity contribution is 0.390. The van der Waals surface area contributed by atoms with Crippen molar-refractivity contribution in [2.45, 2.75) is 40.7 Å². The van der Waals surface area contributed by atoms with Gasteiger partial charge in [-0.1, -0.05) is 39.3 Å². The van der Waals surface area contributed by atoms with E-state index in [4.69, 9.17) is 11.6 Å². The van der Waals surface area contributed by atoms with Gasteiger partial charge in [0.1, 0.15) is 0 Å². The average Bonchev–Trinajstić information content (AvgIpc) is 2.55. The Balaban J connectivity index is 2.55. The summed E-state index contributed by atoms with van der Waals surface area (Å²) in [5.74, 6) is 1.38. The van der Waals surface area contributed by atoms with Crippen LogP contribution in [0.1, 0.15) is 39.1 Å². The van der Waals surface area contributed by atoms with Crippen molar-refractivity contribution >= 4 is 11.6 Å². The van der Waals surface area contributed by atoms with Crippen LogP contribution in [0.25, 0.3) is 0 Å². The molecule has 1 N–H and O–H groups in total. The van der Waals surface area contributed by atoms with Crippen LogP contribution in [-0.2, 0) is 20.0 Å². The maximum atomic E-state index is 6.28. The molecule has 0 aliphatic rings. The summed E-state index contributed by atoms with van der Waals surface area (Å²) < 4.78 is 1.88. The fourth-order valence-electron chi connectivity index (χ4n) is 1.67. The van der Waals surface area contributed by atoms with Crippen LogP contribution in [0.15, 0.2) is 0 Å². The molecule has 0 saturated heterocycles. The predicted octanol–water partition coefficient (Wildman–Crippen LogP) is 3.02. The highest BCUT2D eigenvalue weighted by Crippen LogP contribution is 2.20. The van der Waals surface area contributed by atoms with Crippen molar-refractivity contribution in [3.63, 3.8) is 0 Å². The van der Waals surface area contributed by atoms with E-state index in [9.17, 15) is 0 Å². The standard InChI is InChI=1S/C13H24ClN3/c1-6-11-13(14)12(17(5)16-11)8-15-7-10(4)9(2)3/h9-10,15H,6-8H2,1-5H3. The lowest BCUT2D eigenvalue weighted by atomic mass is 9.98. The number of hydrogen-bond acceptors (Lipinski definition) is 2. The predicted molar refractivity (Wildman–Crippen MR) is 73.3 cm³/mol. The lowest BCUT2D eigenvalue weighted by Gasteiger charge is -2.16. The van der Waals surface area contributed by atoms with Gasteiger partial charge in [0, 0.05) is 13.6 Å². The van der Waals surface area contributed by atoms with Crippen LogP contribution in [0.5, 0.6) is 0 Å². The minimum atomic E-state index is 0.674. The van der Waals surface area contributed by atoms with Crippen LogP contribution < -0.4 is 5.32 Å². The number of nitrogens with one attached hydrogen (secondary N) is 1. The molecule has 4 heteroatoms. The summed E-state index contributed by atoms with van der Waals surface area (Å²) in [6.07, 6.45) is 0.884. The summed E-state index contributed by atoms with van der Waals surface area (Å²) in [6, 6.07) is 0. The van der Waals surface area contributed by atoms with Crippen LogP contribution in [0.3, 0.4) is 0 Å². The lowest BCUT2D eigenvalue weighted by Crippen LogP contribution is -2.24. The Morgan fingerprint density at radius 2 is 2.00 bits per heavy atom. The van der Waals surface area contributed by atoms with Gasteiger partial charge in [-0.25, -0.2) is 0 Å². The van der Waals surface area contributed by atoms with E-state index >= 15 is 0 Å². The molecule has 1 aromatic rings. The zero-order chi connectivity index (χ0) is 13.0. The van der Waals surface area contributed by atoms with Crippen molar-refractivity contribution in [2.75, 3.05) is 6.54 Å². The molecule has 1 heterocycles.